The second kappa shape index (κ2) is 5.56. The number of aryl methyl sites for hydroxylation is 2. The zero-order valence-electron chi connectivity index (χ0n) is 10.6. The summed E-state index contributed by atoms with van der Waals surface area (Å²) in [6.07, 6.45) is 0. The quantitative estimate of drug-likeness (QED) is 0.780. The number of hydrogen-bond acceptors (Lipinski definition) is 3. The Balaban J connectivity index is 2.45. The van der Waals surface area contributed by atoms with Crippen LogP contribution in [0.2, 0.25) is 5.02 Å². The van der Waals surface area contributed by atoms with E-state index in [1.54, 1.807) is 0 Å². The van der Waals surface area contributed by atoms with Gasteiger partial charge in [-0.3, -0.25) is 4.79 Å². The molecule has 0 radical (unpaired) electrons. The van der Waals surface area contributed by atoms with Gasteiger partial charge in [-0.25, -0.2) is 0 Å². The molecule has 2 aromatic rings. The van der Waals surface area contributed by atoms with Crippen LogP contribution in [0.15, 0.2) is 29.6 Å². The fourth-order valence-corrected chi connectivity index (χ4v) is 3.16. The largest absolute Gasteiger partial charge is 0.291 e. The Hall–Kier alpha value is -1.63. The van der Waals surface area contributed by atoms with Crippen LogP contribution in [-0.2, 0) is 0 Å². The predicted octanol–water partition coefficient (Wildman–Crippen LogP) is 4.51. The minimum Gasteiger partial charge on any atom is -0.291 e. The van der Waals surface area contributed by atoms with E-state index in [4.69, 9.17) is 11.6 Å². The minimum atomic E-state index is -0.795. The predicted molar refractivity (Wildman–Crippen MR) is 77.9 cm³/mol. The smallest absolute Gasteiger partial charge is 0.195 e. The third kappa shape index (κ3) is 2.56. The molecular formula is C15H12ClNOS. The van der Waals surface area contributed by atoms with Gasteiger partial charge in [-0.15, -0.1) is 11.3 Å². The molecule has 19 heavy (non-hydrogen) atoms. The summed E-state index contributed by atoms with van der Waals surface area (Å²) in [6, 6.07) is 9.53. The molecule has 1 unspecified atom stereocenters. The summed E-state index contributed by atoms with van der Waals surface area (Å²) in [5, 5.41) is 11.6. The second-order valence-corrected chi connectivity index (χ2v) is 5.60. The normalized spacial score (nSPS) is 11.9. The lowest BCUT2D eigenvalue weighted by atomic mass is 9.91. The van der Waals surface area contributed by atoms with Crippen molar-refractivity contribution in [3.05, 3.63) is 56.2 Å². The summed E-state index contributed by atoms with van der Waals surface area (Å²) >= 11 is 7.41. The van der Waals surface area contributed by atoms with E-state index in [0.29, 0.717) is 9.90 Å². The molecule has 0 fully saturated rings. The minimum absolute atomic E-state index is 0.222. The van der Waals surface area contributed by atoms with E-state index < -0.39 is 5.92 Å². The molecule has 0 aliphatic carbocycles. The number of halogens is 1. The van der Waals surface area contributed by atoms with Crippen LogP contribution in [0.4, 0.5) is 0 Å². The van der Waals surface area contributed by atoms with Gasteiger partial charge in [0.15, 0.2) is 5.78 Å². The molecule has 96 valence electrons. The summed E-state index contributed by atoms with van der Waals surface area (Å²) in [7, 11) is 0. The van der Waals surface area contributed by atoms with Gasteiger partial charge in [-0.05, 0) is 35.9 Å². The van der Waals surface area contributed by atoms with Crippen molar-refractivity contribution in [2.75, 3.05) is 0 Å². The molecule has 1 aromatic heterocycles. The maximum Gasteiger partial charge on any atom is 0.195 e. The van der Waals surface area contributed by atoms with Gasteiger partial charge in [-0.1, -0.05) is 35.9 Å². The van der Waals surface area contributed by atoms with Gasteiger partial charge in [0.2, 0.25) is 0 Å². The van der Waals surface area contributed by atoms with Crippen molar-refractivity contribution >= 4 is 28.7 Å². The Kier molecular flexibility index (Phi) is 4.04. The number of thiophene rings is 1. The zero-order valence-corrected chi connectivity index (χ0v) is 12.2. The molecule has 1 atom stereocenters. The molecule has 1 aromatic carbocycles. The summed E-state index contributed by atoms with van der Waals surface area (Å²) in [6.45, 7) is 3.75. The van der Waals surface area contributed by atoms with Crippen LogP contribution in [-0.4, -0.2) is 5.78 Å². The number of carbonyl (C=O) groups is 1. The third-order valence-corrected chi connectivity index (χ3v) is 4.73. The Bertz CT molecular complexity index is 669. The molecule has 4 heteroatoms. The Morgan fingerprint density at radius 3 is 2.53 bits per heavy atom. The highest BCUT2D eigenvalue weighted by atomic mass is 35.5. The SMILES string of the molecule is Cc1ccccc1C(C#N)C(=O)c1scc(C)c1Cl. The molecule has 0 amide bonds. The van der Waals surface area contributed by atoms with Crippen molar-refractivity contribution in [2.24, 2.45) is 0 Å². The molecule has 2 rings (SSSR count). The molecule has 0 bridgehead atoms. The zero-order chi connectivity index (χ0) is 14.0. The van der Waals surface area contributed by atoms with Gasteiger partial charge in [0.25, 0.3) is 0 Å². The summed E-state index contributed by atoms with van der Waals surface area (Å²) < 4.78 is 0. The molecular weight excluding hydrogens is 278 g/mol. The topological polar surface area (TPSA) is 40.9 Å². The number of rotatable bonds is 3. The average molecular weight is 290 g/mol. The fourth-order valence-electron chi connectivity index (χ4n) is 1.91. The molecule has 2 nitrogen and oxygen atoms in total. The first-order valence-corrected chi connectivity index (χ1v) is 7.05. The highest BCUT2D eigenvalue weighted by Crippen LogP contribution is 2.32. The standard InChI is InChI=1S/C15H12ClNOS/c1-9-5-3-4-6-11(9)12(7-17)14(18)15-13(16)10(2)8-19-15/h3-6,8,12H,1-2H3. The Morgan fingerprint density at radius 1 is 1.32 bits per heavy atom. The van der Waals surface area contributed by atoms with E-state index in [1.165, 1.54) is 11.3 Å². The molecule has 0 saturated heterocycles. The molecule has 0 spiro atoms. The third-order valence-electron chi connectivity index (χ3n) is 3.01. The number of hydrogen-bond donors (Lipinski definition) is 0. The van der Waals surface area contributed by atoms with Gasteiger partial charge >= 0.3 is 0 Å². The van der Waals surface area contributed by atoms with Gasteiger partial charge < -0.3 is 0 Å². The van der Waals surface area contributed by atoms with Crippen molar-refractivity contribution in [3.63, 3.8) is 0 Å². The summed E-state index contributed by atoms with van der Waals surface area (Å²) in [4.78, 5) is 12.9. The van der Waals surface area contributed by atoms with Crippen molar-refractivity contribution in [3.8, 4) is 6.07 Å². The van der Waals surface area contributed by atoms with Crippen molar-refractivity contribution in [1.82, 2.24) is 0 Å². The maximum atomic E-state index is 12.5. The molecule has 0 aliphatic rings. The highest BCUT2D eigenvalue weighted by molar-refractivity contribution is 7.13. The van der Waals surface area contributed by atoms with Gasteiger partial charge in [0.1, 0.15) is 5.92 Å². The van der Waals surface area contributed by atoms with Crippen LogP contribution in [0.3, 0.4) is 0 Å². The first kappa shape index (κ1) is 13.8. The second-order valence-electron chi connectivity index (χ2n) is 4.34. The van der Waals surface area contributed by atoms with Crippen LogP contribution in [0, 0.1) is 25.2 Å². The highest BCUT2D eigenvalue weighted by Gasteiger charge is 2.26. The van der Waals surface area contributed by atoms with Gasteiger partial charge in [-0.2, -0.15) is 5.26 Å². The number of carbonyl (C=O) groups excluding carboxylic acids is 1. The van der Waals surface area contributed by atoms with E-state index in [2.05, 4.69) is 6.07 Å². The van der Waals surface area contributed by atoms with Gasteiger partial charge in [0.05, 0.1) is 16.0 Å². The average Bonchev–Trinajstić information content (AvgIpc) is 2.73. The van der Waals surface area contributed by atoms with E-state index in [0.717, 1.165) is 16.7 Å². The van der Waals surface area contributed by atoms with E-state index in [9.17, 15) is 10.1 Å². The fraction of sp³-hybridized carbons (Fsp3) is 0.200. The molecule has 0 saturated carbocycles. The number of ketones is 1. The van der Waals surface area contributed by atoms with Crippen molar-refractivity contribution < 1.29 is 4.79 Å². The van der Waals surface area contributed by atoms with Gasteiger partial charge in [0, 0.05) is 0 Å². The van der Waals surface area contributed by atoms with Crippen LogP contribution in [0.5, 0.6) is 0 Å². The lowest BCUT2D eigenvalue weighted by Crippen LogP contribution is -2.11. The molecule has 0 aliphatic heterocycles. The number of Topliss-reactive ketones (excluding diaryl/α,β-unsaturated/α-hetero) is 1. The van der Waals surface area contributed by atoms with Crippen LogP contribution in [0.25, 0.3) is 0 Å². The first-order valence-electron chi connectivity index (χ1n) is 5.79. The van der Waals surface area contributed by atoms with E-state index in [1.807, 2.05) is 43.5 Å². The Morgan fingerprint density at radius 2 is 2.00 bits per heavy atom. The van der Waals surface area contributed by atoms with Crippen LogP contribution < -0.4 is 0 Å². The van der Waals surface area contributed by atoms with Crippen LogP contribution >= 0.6 is 22.9 Å². The lowest BCUT2D eigenvalue weighted by molar-refractivity contribution is 0.0982. The monoisotopic (exact) mass is 289 g/mol. The number of nitriles is 1. The van der Waals surface area contributed by atoms with E-state index >= 15 is 0 Å². The lowest BCUT2D eigenvalue weighted by Gasteiger charge is -2.10. The maximum absolute atomic E-state index is 12.5. The molecule has 1 heterocycles. The molecule has 0 N–H and O–H groups in total. The number of benzene rings is 1. The van der Waals surface area contributed by atoms with Crippen molar-refractivity contribution in [1.29, 1.82) is 5.26 Å². The first-order chi connectivity index (χ1) is 9.06. The number of nitrogens with zero attached hydrogens (tertiary/aromatic N) is 1. The summed E-state index contributed by atoms with van der Waals surface area (Å²) in [5.74, 6) is -1.02. The van der Waals surface area contributed by atoms with Crippen LogP contribution in [0.1, 0.15) is 32.3 Å². The summed E-state index contributed by atoms with van der Waals surface area (Å²) in [5.41, 5.74) is 2.56. The van der Waals surface area contributed by atoms with Crippen molar-refractivity contribution in [2.45, 2.75) is 19.8 Å². The van der Waals surface area contributed by atoms with E-state index in [-0.39, 0.29) is 5.78 Å². The Labute approximate surface area is 121 Å².